The summed E-state index contributed by atoms with van der Waals surface area (Å²) < 4.78 is 5.52. The average molecular weight is 323 g/mol. The molecule has 1 N–H and O–H groups in total. The van der Waals surface area contributed by atoms with Crippen LogP contribution in [0.4, 0.5) is 0 Å². The topological polar surface area (TPSA) is 41.6 Å². The Balaban J connectivity index is 1.95. The molecule has 1 aromatic carbocycles. The summed E-state index contributed by atoms with van der Waals surface area (Å²) in [5, 5.41) is 4.07. The monoisotopic (exact) mass is 322 g/mol. The Labute approximate surface area is 136 Å². The van der Waals surface area contributed by atoms with E-state index in [0.29, 0.717) is 37.1 Å². The largest absolute Gasteiger partial charge is 0.381 e. The van der Waals surface area contributed by atoms with Crippen molar-refractivity contribution in [3.05, 3.63) is 34.9 Å². The number of halogens is 1. The van der Waals surface area contributed by atoms with Crippen molar-refractivity contribution in [1.29, 1.82) is 0 Å². The Morgan fingerprint density at radius 2 is 2.09 bits per heavy atom. The molecule has 0 aromatic heterocycles. The number of nitrogens with one attached hydrogen (secondary N) is 1. The molecule has 0 saturated carbocycles. The highest BCUT2D eigenvalue weighted by atomic mass is 35.5. The summed E-state index contributed by atoms with van der Waals surface area (Å²) in [5.74, 6) is 0.206. The van der Waals surface area contributed by atoms with Crippen LogP contribution in [0.3, 0.4) is 0 Å². The van der Waals surface area contributed by atoms with Gasteiger partial charge in [-0.25, -0.2) is 0 Å². The van der Waals surface area contributed by atoms with Gasteiger partial charge in [-0.15, -0.1) is 0 Å². The van der Waals surface area contributed by atoms with Crippen molar-refractivity contribution in [3.8, 4) is 0 Å². The quantitative estimate of drug-likeness (QED) is 0.907. The molecule has 1 amide bonds. The summed E-state index contributed by atoms with van der Waals surface area (Å²) in [5.41, 5.74) is 0.421. The third-order valence-electron chi connectivity index (χ3n) is 4.80. The van der Waals surface area contributed by atoms with Gasteiger partial charge < -0.3 is 15.0 Å². The van der Waals surface area contributed by atoms with Gasteiger partial charge in [0.05, 0.1) is 5.41 Å². The van der Waals surface area contributed by atoms with Crippen molar-refractivity contribution >= 4 is 17.5 Å². The molecule has 0 aliphatic carbocycles. The lowest BCUT2D eigenvalue weighted by Gasteiger charge is -2.42. The molecule has 0 spiro atoms. The Morgan fingerprint density at radius 1 is 1.36 bits per heavy atom. The number of piperazine rings is 1. The Kier molecular flexibility index (Phi) is 4.71. The van der Waals surface area contributed by atoms with E-state index in [1.165, 1.54) is 0 Å². The Morgan fingerprint density at radius 3 is 2.77 bits per heavy atom. The van der Waals surface area contributed by atoms with E-state index in [4.69, 9.17) is 16.3 Å². The van der Waals surface area contributed by atoms with Gasteiger partial charge in [0, 0.05) is 43.9 Å². The van der Waals surface area contributed by atoms with E-state index < -0.39 is 5.41 Å². The molecule has 1 aromatic rings. The van der Waals surface area contributed by atoms with E-state index in [9.17, 15) is 4.79 Å². The van der Waals surface area contributed by atoms with Gasteiger partial charge >= 0.3 is 0 Å². The number of benzene rings is 1. The van der Waals surface area contributed by atoms with Crippen molar-refractivity contribution in [3.63, 3.8) is 0 Å². The van der Waals surface area contributed by atoms with E-state index in [0.717, 1.165) is 25.2 Å². The molecule has 5 heteroatoms. The molecule has 4 nitrogen and oxygen atoms in total. The molecule has 0 radical (unpaired) electrons. The number of carbonyl (C=O) groups is 1. The minimum atomic E-state index is -0.534. The molecule has 22 heavy (non-hydrogen) atoms. The van der Waals surface area contributed by atoms with Crippen LogP contribution in [-0.2, 0) is 14.9 Å². The Bertz CT molecular complexity index is 543. The van der Waals surface area contributed by atoms with Crippen molar-refractivity contribution in [2.45, 2.75) is 31.2 Å². The zero-order valence-corrected chi connectivity index (χ0v) is 13.7. The Hall–Kier alpha value is -1.10. The van der Waals surface area contributed by atoms with Gasteiger partial charge in [0.2, 0.25) is 5.91 Å². The second-order valence-corrected chi connectivity index (χ2v) is 6.69. The second-order valence-electron chi connectivity index (χ2n) is 6.28. The summed E-state index contributed by atoms with van der Waals surface area (Å²) in [4.78, 5) is 15.4. The zero-order valence-electron chi connectivity index (χ0n) is 13.0. The standard InChI is InChI=1S/C17H23ClN2O2/c1-13-12-20(9-8-19-13)16(21)17(6-10-22-11-7-17)14-4-2-3-5-15(14)18/h2-5,13,19H,6-12H2,1H3. The number of nitrogens with zero attached hydrogens (tertiary/aromatic N) is 1. The summed E-state index contributed by atoms with van der Waals surface area (Å²) in [6.45, 7) is 5.70. The van der Waals surface area contributed by atoms with Gasteiger partial charge in [0.15, 0.2) is 0 Å². The van der Waals surface area contributed by atoms with E-state index >= 15 is 0 Å². The summed E-state index contributed by atoms with van der Waals surface area (Å²) in [6.07, 6.45) is 1.40. The number of rotatable bonds is 2. The lowest BCUT2D eigenvalue weighted by molar-refractivity contribution is -0.142. The SMILES string of the molecule is CC1CN(C(=O)C2(c3ccccc3Cl)CCOCC2)CCN1. The van der Waals surface area contributed by atoms with Crippen LogP contribution >= 0.6 is 11.6 Å². The van der Waals surface area contributed by atoms with Crippen LogP contribution < -0.4 is 5.32 Å². The highest BCUT2D eigenvalue weighted by Gasteiger charge is 2.45. The third kappa shape index (κ3) is 2.87. The first-order valence-electron chi connectivity index (χ1n) is 7.99. The van der Waals surface area contributed by atoms with E-state index in [2.05, 4.69) is 12.2 Å². The maximum atomic E-state index is 13.4. The van der Waals surface area contributed by atoms with Crippen molar-refractivity contribution in [2.24, 2.45) is 0 Å². The van der Waals surface area contributed by atoms with Crippen molar-refractivity contribution < 1.29 is 9.53 Å². The van der Waals surface area contributed by atoms with Gasteiger partial charge in [-0.2, -0.15) is 0 Å². The molecule has 2 aliphatic heterocycles. The number of amides is 1. The minimum absolute atomic E-state index is 0.206. The number of carbonyl (C=O) groups excluding carboxylic acids is 1. The summed E-state index contributed by atoms with van der Waals surface area (Å²) in [7, 11) is 0. The normalized spacial score (nSPS) is 25.0. The minimum Gasteiger partial charge on any atom is -0.381 e. The lowest BCUT2D eigenvalue weighted by Crippen LogP contribution is -2.57. The van der Waals surface area contributed by atoms with Crippen LogP contribution in [0.2, 0.25) is 5.02 Å². The maximum absolute atomic E-state index is 13.4. The molecule has 1 atom stereocenters. The molecular formula is C17H23ClN2O2. The van der Waals surface area contributed by atoms with Crippen LogP contribution in [0.5, 0.6) is 0 Å². The first-order chi connectivity index (χ1) is 10.6. The molecule has 0 bridgehead atoms. The fraction of sp³-hybridized carbons (Fsp3) is 0.588. The number of hydrogen-bond donors (Lipinski definition) is 1. The molecule has 2 heterocycles. The van der Waals surface area contributed by atoms with Gasteiger partial charge in [0.1, 0.15) is 0 Å². The molecular weight excluding hydrogens is 300 g/mol. The third-order valence-corrected chi connectivity index (χ3v) is 5.13. The van der Waals surface area contributed by atoms with E-state index in [1.807, 2.05) is 29.2 Å². The van der Waals surface area contributed by atoms with E-state index in [-0.39, 0.29) is 5.91 Å². The smallest absolute Gasteiger partial charge is 0.233 e. The highest BCUT2D eigenvalue weighted by Crippen LogP contribution is 2.40. The van der Waals surface area contributed by atoms with Crippen LogP contribution in [0, 0.1) is 0 Å². The summed E-state index contributed by atoms with van der Waals surface area (Å²) >= 11 is 6.43. The first-order valence-corrected chi connectivity index (χ1v) is 8.37. The van der Waals surface area contributed by atoms with Crippen molar-refractivity contribution in [1.82, 2.24) is 10.2 Å². The number of ether oxygens (including phenoxy) is 1. The lowest BCUT2D eigenvalue weighted by atomic mass is 9.72. The van der Waals surface area contributed by atoms with Gasteiger partial charge in [0.25, 0.3) is 0 Å². The van der Waals surface area contributed by atoms with Crippen LogP contribution in [0.25, 0.3) is 0 Å². The average Bonchev–Trinajstić information content (AvgIpc) is 2.55. The molecule has 1 unspecified atom stereocenters. The zero-order chi connectivity index (χ0) is 15.6. The van der Waals surface area contributed by atoms with Crippen LogP contribution in [0.1, 0.15) is 25.3 Å². The molecule has 2 aliphatic rings. The van der Waals surface area contributed by atoms with Crippen molar-refractivity contribution in [2.75, 3.05) is 32.8 Å². The second kappa shape index (κ2) is 6.57. The molecule has 2 saturated heterocycles. The predicted molar refractivity (Wildman–Crippen MR) is 87.2 cm³/mol. The van der Waals surface area contributed by atoms with Crippen LogP contribution in [0.15, 0.2) is 24.3 Å². The maximum Gasteiger partial charge on any atom is 0.233 e. The van der Waals surface area contributed by atoms with E-state index in [1.54, 1.807) is 0 Å². The molecule has 120 valence electrons. The van der Waals surface area contributed by atoms with Crippen LogP contribution in [-0.4, -0.2) is 49.7 Å². The van der Waals surface area contributed by atoms with Gasteiger partial charge in [-0.1, -0.05) is 29.8 Å². The number of hydrogen-bond acceptors (Lipinski definition) is 3. The predicted octanol–water partition coefficient (Wildman–Crippen LogP) is 2.21. The molecule has 3 rings (SSSR count). The van der Waals surface area contributed by atoms with Gasteiger partial charge in [-0.3, -0.25) is 4.79 Å². The highest BCUT2D eigenvalue weighted by molar-refractivity contribution is 6.31. The first kappa shape index (κ1) is 15.8. The van der Waals surface area contributed by atoms with Gasteiger partial charge in [-0.05, 0) is 31.4 Å². The molecule has 2 fully saturated rings. The fourth-order valence-electron chi connectivity index (χ4n) is 3.59. The fourth-order valence-corrected chi connectivity index (χ4v) is 3.90. The summed E-state index contributed by atoms with van der Waals surface area (Å²) in [6, 6.07) is 8.09.